The Morgan fingerprint density at radius 2 is 1.60 bits per heavy atom. The highest BCUT2D eigenvalue weighted by Crippen LogP contribution is 2.37. The molecule has 0 aliphatic rings. The van der Waals surface area contributed by atoms with Crippen LogP contribution in [-0.2, 0) is 5.41 Å². The van der Waals surface area contributed by atoms with Gasteiger partial charge in [0.2, 0.25) is 0 Å². The van der Waals surface area contributed by atoms with E-state index in [4.69, 9.17) is 0 Å². The van der Waals surface area contributed by atoms with Gasteiger partial charge in [0.1, 0.15) is 0 Å². The van der Waals surface area contributed by atoms with Crippen LogP contribution in [-0.4, -0.2) is 12.6 Å². The fourth-order valence-electron chi connectivity index (χ4n) is 3.42. The van der Waals surface area contributed by atoms with Crippen LogP contribution >= 0.6 is 0 Å². The molecule has 0 radical (unpaired) electrons. The van der Waals surface area contributed by atoms with Crippen LogP contribution in [0.1, 0.15) is 71.8 Å². The molecular formula is C19H33N. The van der Waals surface area contributed by atoms with Crippen LogP contribution in [0, 0.1) is 0 Å². The van der Waals surface area contributed by atoms with Gasteiger partial charge in [-0.1, -0.05) is 70.9 Å². The van der Waals surface area contributed by atoms with Gasteiger partial charge in [0.25, 0.3) is 0 Å². The molecule has 0 heterocycles. The number of nitrogens with one attached hydrogen (secondary N) is 1. The highest BCUT2D eigenvalue weighted by atomic mass is 14.9. The maximum absolute atomic E-state index is 3.85. The van der Waals surface area contributed by atoms with Crippen LogP contribution in [0.25, 0.3) is 0 Å². The van der Waals surface area contributed by atoms with E-state index in [1.165, 1.54) is 44.1 Å². The molecule has 0 fully saturated rings. The maximum Gasteiger partial charge on any atom is 0.0164 e. The number of hydrogen-bond acceptors (Lipinski definition) is 1. The second-order valence-electron chi connectivity index (χ2n) is 5.88. The van der Waals surface area contributed by atoms with Crippen molar-refractivity contribution in [3.8, 4) is 0 Å². The largest absolute Gasteiger partial charge is 0.313 e. The molecule has 0 saturated heterocycles. The van der Waals surface area contributed by atoms with Gasteiger partial charge in [0, 0.05) is 11.5 Å². The first-order valence-electron chi connectivity index (χ1n) is 8.54. The van der Waals surface area contributed by atoms with Crippen molar-refractivity contribution in [2.45, 2.75) is 77.7 Å². The van der Waals surface area contributed by atoms with Crippen LogP contribution in [0.15, 0.2) is 30.3 Å². The van der Waals surface area contributed by atoms with Crippen LogP contribution in [0.4, 0.5) is 0 Å². The van der Waals surface area contributed by atoms with E-state index >= 15 is 0 Å². The Morgan fingerprint density at radius 1 is 0.950 bits per heavy atom. The van der Waals surface area contributed by atoms with Gasteiger partial charge in [-0.05, 0) is 37.8 Å². The summed E-state index contributed by atoms with van der Waals surface area (Å²) in [5, 5.41) is 3.85. The number of unbranched alkanes of at least 4 members (excludes halogenated alkanes) is 1. The molecule has 0 amide bonds. The van der Waals surface area contributed by atoms with E-state index in [1.54, 1.807) is 0 Å². The quantitative estimate of drug-likeness (QED) is 0.610. The van der Waals surface area contributed by atoms with E-state index in [0.29, 0.717) is 6.04 Å². The molecule has 0 aromatic heterocycles. The first-order valence-corrected chi connectivity index (χ1v) is 8.54. The van der Waals surface area contributed by atoms with Gasteiger partial charge in [0.15, 0.2) is 0 Å². The van der Waals surface area contributed by atoms with E-state index in [2.05, 4.69) is 63.3 Å². The SMILES string of the molecule is CCCCC(NCCC)C(CC)(CC)c1ccccc1. The fraction of sp³-hybridized carbons (Fsp3) is 0.684. The van der Waals surface area contributed by atoms with Crippen LogP contribution in [0.3, 0.4) is 0 Å². The Bertz CT molecular complexity index is 332. The van der Waals surface area contributed by atoms with E-state index in [-0.39, 0.29) is 5.41 Å². The standard InChI is InChI=1S/C19H33N/c1-5-9-15-18(20-16-6-2)19(7-3,8-4)17-13-11-10-12-14-17/h10-14,18,20H,5-9,15-16H2,1-4H3. The number of benzene rings is 1. The summed E-state index contributed by atoms with van der Waals surface area (Å²) in [4.78, 5) is 0. The van der Waals surface area contributed by atoms with Crippen LogP contribution in [0.5, 0.6) is 0 Å². The Labute approximate surface area is 126 Å². The van der Waals surface area contributed by atoms with Crippen molar-refractivity contribution in [2.75, 3.05) is 6.54 Å². The molecule has 1 aromatic carbocycles. The van der Waals surface area contributed by atoms with Crippen molar-refractivity contribution in [1.82, 2.24) is 5.32 Å². The summed E-state index contributed by atoms with van der Waals surface area (Å²) in [7, 11) is 0. The Balaban J connectivity index is 3.04. The predicted molar refractivity (Wildman–Crippen MR) is 90.3 cm³/mol. The van der Waals surface area contributed by atoms with Crippen molar-refractivity contribution < 1.29 is 0 Å². The lowest BCUT2D eigenvalue weighted by atomic mass is 9.68. The highest BCUT2D eigenvalue weighted by molar-refractivity contribution is 5.27. The second-order valence-corrected chi connectivity index (χ2v) is 5.88. The number of hydrogen-bond donors (Lipinski definition) is 1. The molecule has 1 N–H and O–H groups in total. The van der Waals surface area contributed by atoms with E-state index in [9.17, 15) is 0 Å². The molecule has 0 spiro atoms. The lowest BCUT2D eigenvalue weighted by Gasteiger charge is -2.41. The Kier molecular flexibility index (Phi) is 7.91. The van der Waals surface area contributed by atoms with E-state index in [0.717, 1.165) is 6.54 Å². The smallest absolute Gasteiger partial charge is 0.0164 e. The van der Waals surface area contributed by atoms with Crippen LogP contribution in [0.2, 0.25) is 0 Å². The maximum atomic E-state index is 3.85. The minimum absolute atomic E-state index is 0.283. The first-order chi connectivity index (χ1) is 9.75. The zero-order valence-corrected chi connectivity index (χ0v) is 13.9. The van der Waals surface area contributed by atoms with Gasteiger partial charge in [-0.25, -0.2) is 0 Å². The zero-order valence-electron chi connectivity index (χ0n) is 13.9. The molecule has 1 aromatic rings. The van der Waals surface area contributed by atoms with Crippen molar-refractivity contribution >= 4 is 0 Å². The summed E-state index contributed by atoms with van der Waals surface area (Å²) in [5.74, 6) is 0. The van der Waals surface area contributed by atoms with Gasteiger partial charge < -0.3 is 5.32 Å². The lowest BCUT2D eigenvalue weighted by molar-refractivity contribution is 0.254. The molecule has 0 saturated carbocycles. The van der Waals surface area contributed by atoms with Gasteiger partial charge in [-0.15, -0.1) is 0 Å². The third kappa shape index (κ3) is 4.09. The van der Waals surface area contributed by atoms with Crippen molar-refractivity contribution in [2.24, 2.45) is 0 Å². The summed E-state index contributed by atoms with van der Waals surface area (Å²) in [5.41, 5.74) is 1.79. The topological polar surface area (TPSA) is 12.0 Å². The first kappa shape index (κ1) is 17.2. The number of rotatable bonds is 10. The molecule has 0 bridgehead atoms. The third-order valence-electron chi connectivity index (χ3n) is 4.76. The summed E-state index contributed by atoms with van der Waals surface area (Å²) < 4.78 is 0. The van der Waals surface area contributed by atoms with E-state index < -0.39 is 0 Å². The molecular weight excluding hydrogens is 242 g/mol. The molecule has 20 heavy (non-hydrogen) atoms. The molecule has 0 aliphatic carbocycles. The monoisotopic (exact) mass is 275 g/mol. The minimum atomic E-state index is 0.283. The van der Waals surface area contributed by atoms with Gasteiger partial charge in [0.05, 0.1) is 0 Å². The van der Waals surface area contributed by atoms with Gasteiger partial charge in [-0.2, -0.15) is 0 Å². The van der Waals surface area contributed by atoms with E-state index in [1.807, 2.05) is 0 Å². The summed E-state index contributed by atoms with van der Waals surface area (Å²) in [6.07, 6.45) is 7.50. The molecule has 0 aliphatic heterocycles. The van der Waals surface area contributed by atoms with Gasteiger partial charge >= 0.3 is 0 Å². The zero-order chi connectivity index (χ0) is 14.8. The Hall–Kier alpha value is -0.820. The summed E-state index contributed by atoms with van der Waals surface area (Å²) in [6, 6.07) is 11.7. The fourth-order valence-corrected chi connectivity index (χ4v) is 3.42. The molecule has 1 nitrogen and oxygen atoms in total. The molecule has 1 atom stereocenters. The molecule has 1 heteroatoms. The van der Waals surface area contributed by atoms with Crippen LogP contribution < -0.4 is 5.32 Å². The highest BCUT2D eigenvalue weighted by Gasteiger charge is 2.36. The summed E-state index contributed by atoms with van der Waals surface area (Å²) in [6.45, 7) is 10.4. The summed E-state index contributed by atoms with van der Waals surface area (Å²) >= 11 is 0. The Morgan fingerprint density at radius 3 is 2.10 bits per heavy atom. The average Bonchev–Trinajstić information content (AvgIpc) is 2.51. The average molecular weight is 275 g/mol. The van der Waals surface area contributed by atoms with Crippen molar-refractivity contribution in [3.63, 3.8) is 0 Å². The predicted octanol–water partition coefficient (Wildman–Crippen LogP) is 5.30. The third-order valence-corrected chi connectivity index (χ3v) is 4.76. The minimum Gasteiger partial charge on any atom is -0.313 e. The second kappa shape index (κ2) is 9.18. The molecule has 114 valence electrons. The van der Waals surface area contributed by atoms with Crippen molar-refractivity contribution in [1.29, 1.82) is 0 Å². The normalized spacial score (nSPS) is 13.4. The lowest BCUT2D eigenvalue weighted by Crippen LogP contribution is -2.48. The van der Waals surface area contributed by atoms with Crippen molar-refractivity contribution in [3.05, 3.63) is 35.9 Å². The molecule has 1 rings (SSSR count). The van der Waals surface area contributed by atoms with Gasteiger partial charge in [-0.3, -0.25) is 0 Å². The molecule has 1 unspecified atom stereocenters.